The quantitative estimate of drug-likeness (QED) is 0.0321. The van der Waals surface area contributed by atoms with Crippen LogP contribution in [0.2, 0.25) is 0 Å². The van der Waals surface area contributed by atoms with Gasteiger partial charge in [0.1, 0.15) is 12.1 Å². The average molecular weight is 809 g/mol. The summed E-state index contributed by atoms with van der Waals surface area (Å²) < 4.78 is 5.94. The Kier molecular flexibility index (Phi) is 42.4. The van der Waals surface area contributed by atoms with Gasteiger partial charge in [-0.1, -0.05) is 171 Å². The van der Waals surface area contributed by atoms with Gasteiger partial charge in [0.15, 0.2) is 0 Å². The normalized spacial score (nSPS) is 13.3. The van der Waals surface area contributed by atoms with Crippen molar-refractivity contribution in [1.29, 1.82) is 0 Å². The van der Waals surface area contributed by atoms with E-state index in [9.17, 15) is 19.5 Å². The van der Waals surface area contributed by atoms with Crippen molar-refractivity contribution in [3.63, 3.8) is 0 Å². The van der Waals surface area contributed by atoms with Gasteiger partial charge < -0.3 is 20.9 Å². The van der Waals surface area contributed by atoms with Gasteiger partial charge in [-0.05, 0) is 109 Å². The minimum absolute atomic E-state index is 0.0924. The van der Waals surface area contributed by atoms with Crippen molar-refractivity contribution in [2.75, 3.05) is 6.54 Å². The van der Waals surface area contributed by atoms with E-state index in [4.69, 9.17) is 10.5 Å². The van der Waals surface area contributed by atoms with Gasteiger partial charge in [0.2, 0.25) is 5.91 Å². The Hall–Kier alpha value is -3.19. The molecule has 0 aliphatic rings. The number of hydrogen-bond donors (Lipinski definition) is 3. The highest BCUT2D eigenvalue weighted by molar-refractivity contribution is 5.83. The van der Waals surface area contributed by atoms with Crippen LogP contribution in [0.4, 0.5) is 0 Å². The first-order valence-corrected chi connectivity index (χ1v) is 23.8. The zero-order chi connectivity index (χ0) is 42.4. The molecule has 0 spiro atoms. The highest BCUT2D eigenvalue weighted by Gasteiger charge is 2.18. The molecule has 7 heteroatoms. The third-order valence-corrected chi connectivity index (χ3v) is 10.2. The number of rotatable bonds is 42. The number of ether oxygens (including phenoxy) is 1. The predicted molar refractivity (Wildman–Crippen MR) is 248 cm³/mol. The molecule has 0 aliphatic heterocycles. The number of unbranched alkanes of at least 4 members (excludes halogenated alkanes) is 18. The summed E-state index contributed by atoms with van der Waals surface area (Å²) in [6, 6.07) is -0.861. The van der Waals surface area contributed by atoms with Crippen molar-refractivity contribution < 1.29 is 24.2 Å². The molecule has 0 saturated carbocycles. The van der Waals surface area contributed by atoms with Gasteiger partial charge in [0.05, 0.1) is 0 Å². The average Bonchev–Trinajstić information content (AvgIpc) is 3.21. The van der Waals surface area contributed by atoms with E-state index in [1.807, 2.05) is 0 Å². The largest absolute Gasteiger partial charge is 0.480 e. The molecular weight excluding hydrogens is 721 g/mol. The Bertz CT molecular complexity index is 1140. The third-order valence-electron chi connectivity index (χ3n) is 10.2. The first kappa shape index (κ1) is 54.8. The van der Waals surface area contributed by atoms with Crippen molar-refractivity contribution in [3.8, 4) is 0 Å². The summed E-state index contributed by atoms with van der Waals surface area (Å²) in [6.07, 6.45) is 58.4. The van der Waals surface area contributed by atoms with Crippen molar-refractivity contribution in [3.05, 3.63) is 72.9 Å². The highest BCUT2D eigenvalue weighted by Crippen LogP contribution is 2.16. The smallest absolute Gasteiger partial charge is 0.326 e. The van der Waals surface area contributed by atoms with Crippen LogP contribution in [0.5, 0.6) is 0 Å². The maximum atomic E-state index is 12.8. The fraction of sp³-hybridized carbons (Fsp3) is 0.706. The van der Waals surface area contributed by atoms with Gasteiger partial charge in [0, 0.05) is 12.8 Å². The van der Waals surface area contributed by atoms with Gasteiger partial charge in [-0.3, -0.25) is 9.59 Å². The van der Waals surface area contributed by atoms with E-state index < -0.39 is 12.0 Å². The molecule has 0 aromatic rings. The summed E-state index contributed by atoms with van der Waals surface area (Å²) in [5.41, 5.74) is 5.48. The summed E-state index contributed by atoms with van der Waals surface area (Å²) in [5, 5.41) is 11.9. The molecule has 0 radical (unpaired) electrons. The van der Waals surface area contributed by atoms with Gasteiger partial charge in [-0.15, -0.1) is 0 Å². The van der Waals surface area contributed by atoms with Gasteiger partial charge in [0.25, 0.3) is 0 Å². The molecule has 0 rings (SSSR count). The highest BCUT2D eigenvalue weighted by atomic mass is 16.5. The number of carboxylic acids is 1. The summed E-state index contributed by atoms with van der Waals surface area (Å²) >= 11 is 0. The second-order valence-electron chi connectivity index (χ2n) is 15.8. The fourth-order valence-corrected chi connectivity index (χ4v) is 6.68. The Morgan fingerprint density at radius 1 is 0.534 bits per heavy atom. The Labute approximate surface area is 356 Å². The topological polar surface area (TPSA) is 119 Å². The Morgan fingerprint density at radius 3 is 1.53 bits per heavy atom. The second-order valence-corrected chi connectivity index (χ2v) is 15.8. The van der Waals surface area contributed by atoms with Crippen LogP contribution in [0, 0.1) is 0 Å². The molecule has 7 nitrogen and oxygen atoms in total. The number of aliphatic carboxylic acids is 1. The maximum absolute atomic E-state index is 12.8. The van der Waals surface area contributed by atoms with Gasteiger partial charge in [-0.2, -0.15) is 0 Å². The number of carbonyl (C=O) groups is 3. The lowest BCUT2D eigenvalue weighted by Crippen LogP contribution is -2.40. The second kappa shape index (κ2) is 44.9. The van der Waals surface area contributed by atoms with Crippen LogP contribution in [-0.4, -0.2) is 41.6 Å². The summed E-state index contributed by atoms with van der Waals surface area (Å²) in [5.74, 6) is -1.31. The third kappa shape index (κ3) is 41.0. The molecule has 0 fully saturated rings. The number of carbonyl (C=O) groups excluding carboxylic acids is 2. The van der Waals surface area contributed by atoms with Crippen LogP contribution in [0.1, 0.15) is 213 Å². The number of amides is 1. The van der Waals surface area contributed by atoms with E-state index in [0.717, 1.165) is 89.9 Å². The maximum Gasteiger partial charge on any atom is 0.326 e. The molecule has 2 unspecified atom stereocenters. The molecule has 2 atom stereocenters. The lowest BCUT2D eigenvalue weighted by Gasteiger charge is -2.15. The first-order chi connectivity index (χ1) is 28.4. The number of carboxylic acid groups (broad SMARTS) is 1. The van der Waals surface area contributed by atoms with Crippen LogP contribution in [0.25, 0.3) is 0 Å². The number of hydrogen-bond acceptors (Lipinski definition) is 5. The Morgan fingerprint density at radius 2 is 1.00 bits per heavy atom. The molecule has 332 valence electrons. The lowest BCUT2D eigenvalue weighted by molar-refractivity contribution is -0.147. The van der Waals surface area contributed by atoms with Crippen LogP contribution < -0.4 is 11.1 Å². The van der Waals surface area contributed by atoms with Crippen molar-refractivity contribution >= 4 is 17.8 Å². The van der Waals surface area contributed by atoms with Crippen molar-refractivity contribution in [2.45, 2.75) is 225 Å². The molecule has 0 aromatic carbocycles. The van der Waals surface area contributed by atoms with Crippen molar-refractivity contribution in [2.24, 2.45) is 5.73 Å². The molecule has 0 heterocycles. The summed E-state index contributed by atoms with van der Waals surface area (Å²) in [7, 11) is 0. The molecule has 58 heavy (non-hydrogen) atoms. The monoisotopic (exact) mass is 809 g/mol. The van der Waals surface area contributed by atoms with E-state index in [0.29, 0.717) is 32.2 Å². The standard InChI is InChI=1S/C51H88N2O5/c1-3-5-7-9-11-13-14-15-16-17-18-19-20-21-22-23-24-25-26-27-29-35-39-45-50(55)58-47(41-36-32-28-12-10-8-6-4-2)42-37-33-30-31-34-38-44-49(54)53-48(51(56)57)43-40-46-52/h6,8,12,14-15,17-18,20-21,28,36,41,47-48H,3-5,7,9-11,13,16,19,22-27,29-35,37-40,42-46,52H2,1-2H3,(H,53,54)(H,56,57)/b8-6-,15-14-,18-17-,21-20-,28-12-,41-36-. The number of allylic oxidation sites excluding steroid dienone is 11. The number of esters is 1. The fourth-order valence-electron chi connectivity index (χ4n) is 6.68. The summed E-state index contributed by atoms with van der Waals surface area (Å²) in [4.78, 5) is 36.3. The zero-order valence-electron chi connectivity index (χ0n) is 37.4. The molecule has 0 aromatic heterocycles. The van der Waals surface area contributed by atoms with Gasteiger partial charge >= 0.3 is 11.9 Å². The first-order valence-electron chi connectivity index (χ1n) is 23.8. The van der Waals surface area contributed by atoms with E-state index in [1.165, 1.54) is 83.5 Å². The number of nitrogens with one attached hydrogen (secondary N) is 1. The zero-order valence-corrected chi connectivity index (χ0v) is 37.4. The van der Waals surface area contributed by atoms with E-state index in [1.54, 1.807) is 0 Å². The minimum Gasteiger partial charge on any atom is -0.480 e. The summed E-state index contributed by atoms with van der Waals surface area (Å²) in [6.45, 7) is 4.81. The molecule has 0 saturated heterocycles. The van der Waals surface area contributed by atoms with Crippen molar-refractivity contribution in [1.82, 2.24) is 5.32 Å². The minimum atomic E-state index is -1.01. The van der Waals surface area contributed by atoms with Crippen LogP contribution in [0.3, 0.4) is 0 Å². The van der Waals surface area contributed by atoms with E-state index >= 15 is 0 Å². The van der Waals surface area contributed by atoms with Gasteiger partial charge in [-0.25, -0.2) is 4.79 Å². The Balaban J connectivity index is 4.18. The van der Waals surface area contributed by atoms with Crippen LogP contribution >= 0.6 is 0 Å². The van der Waals surface area contributed by atoms with Crippen LogP contribution in [-0.2, 0) is 19.1 Å². The molecular formula is C51H88N2O5. The lowest BCUT2D eigenvalue weighted by atomic mass is 10.0. The molecule has 0 bridgehead atoms. The van der Waals surface area contributed by atoms with E-state index in [2.05, 4.69) is 92.1 Å². The molecule has 0 aliphatic carbocycles. The predicted octanol–water partition coefficient (Wildman–Crippen LogP) is 13.9. The van der Waals surface area contributed by atoms with Crippen LogP contribution in [0.15, 0.2) is 72.9 Å². The number of nitrogens with two attached hydrogens (primary N) is 1. The van der Waals surface area contributed by atoms with E-state index in [-0.39, 0.29) is 18.0 Å². The molecule has 1 amide bonds. The molecule has 4 N–H and O–H groups in total. The SMILES string of the molecule is CC/C=C\C/C=C\C/C=C\C(CCCCCCCCC(=O)NC(CCCN)C(=O)O)OC(=O)CCCCCCCCCC/C=C\C/C=C\C/C=C\CCCCCCC.